The Kier molecular flexibility index (Phi) is 3.24. The van der Waals surface area contributed by atoms with Crippen LogP contribution < -0.4 is 5.32 Å². The summed E-state index contributed by atoms with van der Waals surface area (Å²) in [5.41, 5.74) is 1.94. The van der Waals surface area contributed by atoms with Crippen molar-refractivity contribution >= 4 is 29.3 Å². The lowest BCUT2D eigenvalue weighted by molar-refractivity contribution is -0.135. The molecule has 4 nitrogen and oxygen atoms in total. The number of anilines is 1. The van der Waals surface area contributed by atoms with E-state index in [1.807, 2.05) is 31.2 Å². The number of rotatable bonds is 2. The van der Waals surface area contributed by atoms with Gasteiger partial charge in [0.2, 0.25) is 11.8 Å². The molecule has 106 valence electrons. The molecule has 0 saturated carbocycles. The third-order valence-corrected chi connectivity index (χ3v) is 5.57. The van der Waals surface area contributed by atoms with E-state index in [4.69, 9.17) is 0 Å². The molecule has 2 atom stereocenters. The second kappa shape index (κ2) is 4.81. The number of benzene rings is 1. The average molecular weight is 290 g/mol. The van der Waals surface area contributed by atoms with Crippen LogP contribution in [0.15, 0.2) is 24.3 Å². The van der Waals surface area contributed by atoms with Crippen LogP contribution in [-0.4, -0.2) is 33.4 Å². The fourth-order valence-electron chi connectivity index (χ4n) is 2.88. The third-order valence-electron chi connectivity index (χ3n) is 4.07. The molecule has 0 spiro atoms. The summed E-state index contributed by atoms with van der Waals surface area (Å²) in [5, 5.41) is 2.92. The quantitative estimate of drug-likeness (QED) is 0.910. The molecule has 1 aromatic carbocycles. The van der Waals surface area contributed by atoms with Crippen LogP contribution in [0.1, 0.15) is 25.3 Å². The summed E-state index contributed by atoms with van der Waals surface area (Å²) in [7, 11) is 0. The lowest BCUT2D eigenvalue weighted by atomic mass is 10.2. The van der Waals surface area contributed by atoms with Crippen molar-refractivity contribution in [2.24, 2.45) is 0 Å². The molecule has 0 radical (unpaired) electrons. The molecule has 0 aliphatic carbocycles. The first-order chi connectivity index (χ1) is 9.49. The fraction of sp³-hybridized carbons (Fsp3) is 0.467. The topological polar surface area (TPSA) is 49.4 Å². The number of nitrogens with one attached hydrogen (secondary N) is 1. The maximum absolute atomic E-state index is 12.4. The summed E-state index contributed by atoms with van der Waals surface area (Å²) < 4.78 is 0. The van der Waals surface area contributed by atoms with Gasteiger partial charge in [0.1, 0.15) is 6.04 Å². The molecule has 5 heteroatoms. The van der Waals surface area contributed by atoms with Gasteiger partial charge >= 0.3 is 0 Å². The molecule has 0 aromatic heterocycles. The number of aryl methyl sites for hydroxylation is 1. The van der Waals surface area contributed by atoms with E-state index < -0.39 is 0 Å². The van der Waals surface area contributed by atoms with Crippen LogP contribution in [-0.2, 0) is 9.59 Å². The first-order valence-corrected chi connectivity index (χ1v) is 7.82. The minimum atomic E-state index is -0.346. The van der Waals surface area contributed by atoms with Crippen LogP contribution in [0, 0.1) is 6.92 Å². The van der Waals surface area contributed by atoms with E-state index in [9.17, 15) is 9.59 Å². The Bertz CT molecular complexity index is 557. The lowest BCUT2D eigenvalue weighted by Crippen LogP contribution is -2.48. The van der Waals surface area contributed by atoms with Gasteiger partial charge in [-0.05, 0) is 32.4 Å². The minimum Gasteiger partial charge on any atom is -0.324 e. The molecule has 2 heterocycles. The minimum absolute atomic E-state index is 0.0830. The molecule has 2 saturated heterocycles. The molecular weight excluding hydrogens is 272 g/mol. The summed E-state index contributed by atoms with van der Waals surface area (Å²) in [6, 6.07) is 7.36. The average Bonchev–Trinajstić information content (AvgIpc) is 2.90. The molecule has 20 heavy (non-hydrogen) atoms. The van der Waals surface area contributed by atoms with E-state index in [-0.39, 0.29) is 22.7 Å². The number of fused-ring (bicyclic) bond motifs is 1. The van der Waals surface area contributed by atoms with Crippen molar-refractivity contribution in [2.75, 3.05) is 11.1 Å². The van der Waals surface area contributed by atoms with Crippen LogP contribution in [0.3, 0.4) is 0 Å². The van der Waals surface area contributed by atoms with Crippen LogP contribution in [0.5, 0.6) is 0 Å². The van der Waals surface area contributed by atoms with E-state index in [0.29, 0.717) is 12.2 Å². The van der Waals surface area contributed by atoms with Crippen LogP contribution in [0.2, 0.25) is 0 Å². The van der Waals surface area contributed by atoms with E-state index in [1.54, 1.807) is 16.7 Å². The number of carbonyl (C=O) groups excluding carboxylic acids is 2. The molecule has 0 unspecified atom stereocenters. The van der Waals surface area contributed by atoms with Gasteiger partial charge in [-0.15, -0.1) is 11.8 Å². The Hall–Kier alpha value is -1.49. The Morgan fingerprint density at radius 2 is 2.10 bits per heavy atom. The van der Waals surface area contributed by atoms with E-state index in [0.717, 1.165) is 17.7 Å². The van der Waals surface area contributed by atoms with E-state index in [1.165, 1.54) is 0 Å². The predicted molar refractivity (Wildman–Crippen MR) is 80.5 cm³/mol. The van der Waals surface area contributed by atoms with Crippen LogP contribution in [0.4, 0.5) is 5.69 Å². The molecule has 2 fully saturated rings. The summed E-state index contributed by atoms with van der Waals surface area (Å²) >= 11 is 1.71. The SMILES string of the molecule is Cc1ccc(NC(=O)[C@H]2CS[C@]3(C)CCC(=O)N23)cc1. The first kappa shape index (κ1) is 13.5. The van der Waals surface area contributed by atoms with Gasteiger partial charge in [0.25, 0.3) is 0 Å². The van der Waals surface area contributed by atoms with Crippen molar-refractivity contribution in [1.82, 2.24) is 4.90 Å². The summed E-state index contributed by atoms with van der Waals surface area (Å²) in [6.45, 7) is 4.06. The van der Waals surface area contributed by atoms with E-state index in [2.05, 4.69) is 12.2 Å². The molecule has 0 bridgehead atoms. The zero-order valence-electron chi connectivity index (χ0n) is 11.7. The Morgan fingerprint density at radius 3 is 2.80 bits per heavy atom. The lowest BCUT2D eigenvalue weighted by Gasteiger charge is -2.29. The second-order valence-electron chi connectivity index (χ2n) is 5.62. The van der Waals surface area contributed by atoms with Crippen molar-refractivity contribution in [2.45, 2.75) is 37.6 Å². The zero-order valence-corrected chi connectivity index (χ0v) is 12.5. The highest BCUT2D eigenvalue weighted by molar-refractivity contribution is 8.01. The molecule has 2 aliphatic heterocycles. The highest BCUT2D eigenvalue weighted by atomic mass is 32.2. The Labute approximate surface area is 122 Å². The normalized spacial score (nSPS) is 28.6. The predicted octanol–water partition coefficient (Wildman–Crippen LogP) is 2.39. The van der Waals surface area contributed by atoms with Gasteiger partial charge in [-0.3, -0.25) is 9.59 Å². The smallest absolute Gasteiger partial charge is 0.248 e. The number of thioether (sulfide) groups is 1. The maximum Gasteiger partial charge on any atom is 0.248 e. The monoisotopic (exact) mass is 290 g/mol. The van der Waals surface area contributed by atoms with Crippen molar-refractivity contribution in [1.29, 1.82) is 0 Å². The number of hydrogen-bond acceptors (Lipinski definition) is 3. The van der Waals surface area contributed by atoms with Gasteiger partial charge in [-0.25, -0.2) is 0 Å². The Balaban J connectivity index is 1.75. The zero-order chi connectivity index (χ0) is 14.3. The molecule has 2 aliphatic rings. The van der Waals surface area contributed by atoms with Gasteiger partial charge in [0.05, 0.1) is 4.87 Å². The molecule has 1 N–H and O–H groups in total. The number of amides is 2. The summed E-state index contributed by atoms with van der Waals surface area (Å²) in [6.07, 6.45) is 1.39. The standard InChI is InChI=1S/C15H18N2O2S/c1-10-3-5-11(6-4-10)16-14(19)12-9-20-15(2)8-7-13(18)17(12)15/h3-6,12H,7-9H2,1-2H3,(H,16,19)/t12-,15-/m1/s1. The molecule has 1 aromatic rings. The summed E-state index contributed by atoms with van der Waals surface area (Å²) in [5.74, 6) is 0.696. The molecule has 2 amide bonds. The van der Waals surface area contributed by atoms with E-state index >= 15 is 0 Å². The third kappa shape index (κ3) is 2.20. The van der Waals surface area contributed by atoms with Gasteiger partial charge in [0, 0.05) is 17.9 Å². The highest BCUT2D eigenvalue weighted by Gasteiger charge is 2.52. The largest absolute Gasteiger partial charge is 0.324 e. The van der Waals surface area contributed by atoms with Crippen molar-refractivity contribution in [3.63, 3.8) is 0 Å². The van der Waals surface area contributed by atoms with Gasteiger partial charge in [-0.2, -0.15) is 0 Å². The molecule has 3 rings (SSSR count). The van der Waals surface area contributed by atoms with Crippen LogP contribution in [0.25, 0.3) is 0 Å². The van der Waals surface area contributed by atoms with Crippen molar-refractivity contribution < 1.29 is 9.59 Å². The fourth-order valence-corrected chi connectivity index (χ4v) is 4.31. The van der Waals surface area contributed by atoms with Crippen molar-refractivity contribution in [3.05, 3.63) is 29.8 Å². The second-order valence-corrected chi connectivity index (χ2v) is 7.12. The van der Waals surface area contributed by atoms with Crippen molar-refractivity contribution in [3.8, 4) is 0 Å². The number of hydrogen-bond donors (Lipinski definition) is 1. The maximum atomic E-state index is 12.4. The van der Waals surface area contributed by atoms with Crippen LogP contribution >= 0.6 is 11.8 Å². The van der Waals surface area contributed by atoms with Gasteiger partial charge < -0.3 is 10.2 Å². The molecular formula is C15H18N2O2S. The number of carbonyl (C=O) groups is 2. The highest BCUT2D eigenvalue weighted by Crippen LogP contribution is 2.47. The number of nitrogens with zero attached hydrogens (tertiary/aromatic N) is 1. The summed E-state index contributed by atoms with van der Waals surface area (Å²) in [4.78, 5) is 26.0. The van der Waals surface area contributed by atoms with Gasteiger partial charge in [-0.1, -0.05) is 17.7 Å². The van der Waals surface area contributed by atoms with Gasteiger partial charge in [0.15, 0.2) is 0 Å². The Morgan fingerprint density at radius 1 is 1.40 bits per heavy atom. The first-order valence-electron chi connectivity index (χ1n) is 6.83.